The molecule has 0 aliphatic carbocycles. The Balaban J connectivity index is 3.10. The SMILES string of the molecule is FC(F)(F)c1ccc(CI)c(Cl)c1. The first kappa shape index (κ1) is 11.1. The van der Waals surface area contributed by atoms with E-state index in [4.69, 9.17) is 11.6 Å². The van der Waals surface area contributed by atoms with Gasteiger partial charge in [-0.1, -0.05) is 40.3 Å². The average molecular weight is 320 g/mol. The summed E-state index contributed by atoms with van der Waals surface area (Å²) in [7, 11) is 0. The topological polar surface area (TPSA) is 0 Å². The lowest BCUT2D eigenvalue weighted by molar-refractivity contribution is -0.137. The third kappa shape index (κ3) is 2.74. The normalized spacial score (nSPS) is 11.8. The van der Waals surface area contributed by atoms with Gasteiger partial charge in [0, 0.05) is 9.45 Å². The maximum Gasteiger partial charge on any atom is 0.416 e. The second-order valence-electron chi connectivity index (χ2n) is 2.44. The van der Waals surface area contributed by atoms with E-state index < -0.39 is 11.7 Å². The Hall–Kier alpha value is 0.0300. The summed E-state index contributed by atoms with van der Waals surface area (Å²) in [4.78, 5) is 0. The van der Waals surface area contributed by atoms with Crippen molar-refractivity contribution in [1.82, 2.24) is 0 Å². The summed E-state index contributed by atoms with van der Waals surface area (Å²) >= 11 is 7.68. The van der Waals surface area contributed by atoms with E-state index in [2.05, 4.69) is 0 Å². The highest BCUT2D eigenvalue weighted by Gasteiger charge is 2.30. The van der Waals surface area contributed by atoms with E-state index in [1.165, 1.54) is 6.07 Å². The predicted molar refractivity (Wildman–Crippen MR) is 54.2 cm³/mol. The maximum atomic E-state index is 12.1. The third-order valence-corrected chi connectivity index (χ3v) is 2.70. The van der Waals surface area contributed by atoms with Gasteiger partial charge in [0.15, 0.2) is 0 Å². The highest BCUT2D eigenvalue weighted by Crippen LogP contribution is 2.32. The third-order valence-electron chi connectivity index (χ3n) is 1.52. The number of hydrogen-bond acceptors (Lipinski definition) is 0. The van der Waals surface area contributed by atoms with Crippen LogP contribution in [0.3, 0.4) is 0 Å². The predicted octanol–water partition coefficient (Wildman–Crippen LogP) is 4.29. The molecule has 0 aliphatic heterocycles. The summed E-state index contributed by atoms with van der Waals surface area (Å²) in [6, 6.07) is 3.40. The van der Waals surface area contributed by atoms with E-state index in [9.17, 15) is 13.2 Å². The molecule has 1 rings (SSSR count). The Morgan fingerprint density at radius 1 is 1.31 bits per heavy atom. The lowest BCUT2D eigenvalue weighted by atomic mass is 10.1. The van der Waals surface area contributed by atoms with Crippen LogP contribution in [0.15, 0.2) is 18.2 Å². The molecule has 0 spiro atoms. The first-order chi connectivity index (χ1) is 5.95. The number of benzene rings is 1. The van der Waals surface area contributed by atoms with Gasteiger partial charge in [0.25, 0.3) is 0 Å². The number of hydrogen-bond donors (Lipinski definition) is 0. The molecule has 1 aromatic rings. The molecule has 0 nitrogen and oxygen atoms in total. The van der Waals surface area contributed by atoms with E-state index >= 15 is 0 Å². The van der Waals surface area contributed by atoms with E-state index in [1.807, 2.05) is 22.6 Å². The molecule has 0 N–H and O–H groups in total. The summed E-state index contributed by atoms with van der Waals surface area (Å²) < 4.78 is 37.0. The number of alkyl halides is 4. The van der Waals surface area contributed by atoms with E-state index in [0.29, 0.717) is 4.43 Å². The van der Waals surface area contributed by atoms with Crippen LogP contribution in [-0.4, -0.2) is 0 Å². The van der Waals surface area contributed by atoms with Crippen LogP contribution < -0.4 is 0 Å². The quantitative estimate of drug-likeness (QED) is 0.535. The lowest BCUT2D eigenvalue weighted by Gasteiger charge is -2.08. The second kappa shape index (κ2) is 4.04. The van der Waals surface area contributed by atoms with E-state index in [1.54, 1.807) is 0 Å². The zero-order valence-electron chi connectivity index (χ0n) is 6.33. The van der Waals surface area contributed by atoms with Crippen molar-refractivity contribution in [3.63, 3.8) is 0 Å². The van der Waals surface area contributed by atoms with Crippen LogP contribution in [0.1, 0.15) is 11.1 Å². The highest BCUT2D eigenvalue weighted by atomic mass is 127. The molecule has 13 heavy (non-hydrogen) atoms. The molecule has 1 aromatic carbocycles. The van der Waals surface area contributed by atoms with Crippen molar-refractivity contribution in [3.8, 4) is 0 Å². The van der Waals surface area contributed by atoms with Crippen molar-refractivity contribution in [2.45, 2.75) is 10.6 Å². The Morgan fingerprint density at radius 2 is 1.92 bits per heavy atom. The highest BCUT2D eigenvalue weighted by molar-refractivity contribution is 14.1. The van der Waals surface area contributed by atoms with Crippen LogP contribution in [0, 0.1) is 0 Å². The Labute approximate surface area is 92.2 Å². The molecule has 0 aliphatic rings. The fraction of sp³-hybridized carbons (Fsp3) is 0.250. The van der Waals surface area contributed by atoms with Gasteiger partial charge < -0.3 is 0 Å². The summed E-state index contributed by atoms with van der Waals surface area (Å²) in [6.07, 6.45) is -4.31. The van der Waals surface area contributed by atoms with Crippen LogP contribution >= 0.6 is 34.2 Å². The van der Waals surface area contributed by atoms with Gasteiger partial charge in [-0.2, -0.15) is 13.2 Å². The lowest BCUT2D eigenvalue weighted by Crippen LogP contribution is -2.04. The molecule has 0 saturated heterocycles. The summed E-state index contributed by atoms with van der Waals surface area (Å²) in [5.41, 5.74) is 0.0152. The zero-order chi connectivity index (χ0) is 10.1. The second-order valence-corrected chi connectivity index (χ2v) is 3.61. The molecule has 0 aromatic heterocycles. The Bertz CT molecular complexity index is 309. The van der Waals surface area contributed by atoms with Crippen molar-refractivity contribution in [1.29, 1.82) is 0 Å². The van der Waals surface area contributed by atoms with Crippen molar-refractivity contribution in [2.75, 3.05) is 0 Å². The number of rotatable bonds is 1. The van der Waals surface area contributed by atoms with Crippen molar-refractivity contribution < 1.29 is 13.2 Å². The molecule has 0 unspecified atom stereocenters. The smallest absolute Gasteiger partial charge is 0.166 e. The van der Waals surface area contributed by atoms with Crippen LogP contribution in [0.25, 0.3) is 0 Å². The van der Waals surface area contributed by atoms with Gasteiger partial charge in [0.1, 0.15) is 0 Å². The minimum absolute atomic E-state index is 0.171. The molecule has 0 atom stereocenters. The van der Waals surface area contributed by atoms with Crippen LogP contribution in [-0.2, 0) is 10.6 Å². The molecule has 0 radical (unpaired) electrons. The summed E-state index contributed by atoms with van der Waals surface area (Å²) in [5, 5.41) is 0.171. The van der Waals surface area contributed by atoms with Crippen molar-refractivity contribution in [2.24, 2.45) is 0 Å². The Morgan fingerprint density at radius 3 is 2.31 bits per heavy atom. The molecular weight excluding hydrogens is 315 g/mol. The fourth-order valence-electron chi connectivity index (χ4n) is 0.832. The van der Waals surface area contributed by atoms with Gasteiger partial charge in [-0.25, -0.2) is 0 Å². The van der Waals surface area contributed by atoms with Gasteiger partial charge >= 0.3 is 6.18 Å². The summed E-state index contributed by atoms with van der Waals surface area (Å²) in [5.74, 6) is 0. The van der Waals surface area contributed by atoms with Gasteiger partial charge in [0.2, 0.25) is 0 Å². The average Bonchev–Trinajstić information content (AvgIpc) is 2.02. The van der Waals surface area contributed by atoms with E-state index in [0.717, 1.165) is 17.7 Å². The molecule has 5 heteroatoms. The number of halogens is 5. The van der Waals surface area contributed by atoms with Gasteiger partial charge in [-0.05, 0) is 17.7 Å². The minimum Gasteiger partial charge on any atom is -0.166 e. The molecule has 0 amide bonds. The molecule has 0 saturated carbocycles. The van der Waals surface area contributed by atoms with Gasteiger partial charge in [0.05, 0.1) is 5.56 Å². The van der Waals surface area contributed by atoms with Gasteiger partial charge in [-0.15, -0.1) is 0 Å². The maximum absolute atomic E-state index is 12.1. The summed E-state index contributed by atoms with van der Waals surface area (Å²) in [6.45, 7) is 0. The Kier molecular flexibility index (Phi) is 3.45. The van der Waals surface area contributed by atoms with Crippen molar-refractivity contribution >= 4 is 34.2 Å². The van der Waals surface area contributed by atoms with Crippen molar-refractivity contribution in [3.05, 3.63) is 34.3 Å². The standard InChI is InChI=1S/C8H5ClF3I/c9-7-3-6(8(10,11)12)2-1-5(7)4-13/h1-3H,4H2. The molecule has 72 valence electrons. The minimum atomic E-state index is -4.31. The zero-order valence-corrected chi connectivity index (χ0v) is 9.24. The fourth-order valence-corrected chi connectivity index (χ4v) is 1.97. The molecule has 0 heterocycles. The monoisotopic (exact) mass is 320 g/mol. The van der Waals surface area contributed by atoms with Crippen LogP contribution in [0.2, 0.25) is 5.02 Å². The first-order valence-electron chi connectivity index (χ1n) is 3.36. The largest absolute Gasteiger partial charge is 0.416 e. The molecule has 0 bridgehead atoms. The van der Waals surface area contributed by atoms with Crippen LogP contribution in [0.4, 0.5) is 13.2 Å². The van der Waals surface area contributed by atoms with Gasteiger partial charge in [-0.3, -0.25) is 0 Å². The first-order valence-corrected chi connectivity index (χ1v) is 5.27. The van der Waals surface area contributed by atoms with Crippen LogP contribution in [0.5, 0.6) is 0 Å². The molecule has 0 fully saturated rings. The molecular formula is C8H5ClF3I. The van der Waals surface area contributed by atoms with E-state index in [-0.39, 0.29) is 5.02 Å².